The molecule has 0 aromatic carbocycles. The van der Waals surface area contributed by atoms with E-state index in [9.17, 15) is 9.59 Å². The van der Waals surface area contributed by atoms with Crippen LogP contribution in [0, 0.1) is 5.92 Å². The first kappa shape index (κ1) is 18.5. The molecular weight excluding hydrogens is 256 g/mol. The van der Waals surface area contributed by atoms with Gasteiger partial charge in [-0.05, 0) is 33.1 Å². The van der Waals surface area contributed by atoms with Crippen molar-refractivity contribution in [3.05, 3.63) is 12.7 Å². The van der Waals surface area contributed by atoms with Gasteiger partial charge in [-0.25, -0.2) is 4.79 Å². The minimum atomic E-state index is -0.584. The van der Waals surface area contributed by atoms with Crippen molar-refractivity contribution in [2.24, 2.45) is 5.92 Å². The van der Waals surface area contributed by atoms with Crippen LogP contribution in [0.1, 0.15) is 47.5 Å². The van der Waals surface area contributed by atoms with E-state index in [0.29, 0.717) is 13.0 Å². The number of rotatable bonds is 7. The molecule has 0 rings (SSSR count). The summed E-state index contributed by atoms with van der Waals surface area (Å²) < 4.78 is 5.19. The van der Waals surface area contributed by atoms with Crippen LogP contribution in [0.25, 0.3) is 0 Å². The average Bonchev–Trinajstić information content (AvgIpc) is 2.33. The van der Waals surface area contributed by atoms with Gasteiger partial charge in [-0.3, -0.25) is 4.79 Å². The zero-order chi connectivity index (χ0) is 15.8. The summed E-state index contributed by atoms with van der Waals surface area (Å²) in [6, 6.07) is -0.584. The van der Waals surface area contributed by atoms with E-state index in [2.05, 4.69) is 17.2 Å². The van der Waals surface area contributed by atoms with Crippen LogP contribution >= 0.6 is 0 Å². The van der Waals surface area contributed by atoms with E-state index in [1.165, 1.54) is 0 Å². The molecule has 116 valence electrons. The van der Waals surface area contributed by atoms with E-state index in [4.69, 9.17) is 4.74 Å². The SMILES string of the molecule is C=CCCNC(=O)[C@@H](NC(=O)OC(C)(C)C)C(C)CC. The van der Waals surface area contributed by atoms with Crippen molar-refractivity contribution < 1.29 is 14.3 Å². The Morgan fingerprint density at radius 1 is 1.35 bits per heavy atom. The van der Waals surface area contributed by atoms with E-state index in [1.807, 2.05) is 13.8 Å². The molecule has 0 aliphatic heterocycles. The number of nitrogens with one attached hydrogen (secondary N) is 2. The van der Waals surface area contributed by atoms with Gasteiger partial charge in [0.15, 0.2) is 0 Å². The third kappa shape index (κ3) is 7.81. The van der Waals surface area contributed by atoms with Gasteiger partial charge in [0.25, 0.3) is 0 Å². The summed E-state index contributed by atoms with van der Waals surface area (Å²) in [6.07, 6.45) is 2.65. The van der Waals surface area contributed by atoms with Crippen LogP contribution in [0.15, 0.2) is 12.7 Å². The quantitative estimate of drug-likeness (QED) is 0.558. The zero-order valence-corrected chi connectivity index (χ0v) is 13.3. The van der Waals surface area contributed by atoms with Gasteiger partial charge in [0.1, 0.15) is 11.6 Å². The lowest BCUT2D eigenvalue weighted by atomic mass is 9.98. The minimum Gasteiger partial charge on any atom is -0.444 e. The van der Waals surface area contributed by atoms with Crippen LogP contribution in [0.4, 0.5) is 4.79 Å². The van der Waals surface area contributed by atoms with Crippen molar-refractivity contribution in [3.8, 4) is 0 Å². The van der Waals surface area contributed by atoms with Crippen molar-refractivity contribution in [1.82, 2.24) is 10.6 Å². The second kappa shape index (κ2) is 8.61. The minimum absolute atomic E-state index is 0.0336. The molecule has 0 heterocycles. The van der Waals surface area contributed by atoms with Gasteiger partial charge in [-0.2, -0.15) is 0 Å². The molecule has 0 aliphatic rings. The Kier molecular flexibility index (Phi) is 7.96. The molecule has 20 heavy (non-hydrogen) atoms. The monoisotopic (exact) mass is 284 g/mol. The normalized spacial score (nSPS) is 14.1. The smallest absolute Gasteiger partial charge is 0.408 e. The number of carbonyl (C=O) groups is 2. The Morgan fingerprint density at radius 3 is 2.40 bits per heavy atom. The number of alkyl carbamates (subject to hydrolysis) is 1. The van der Waals surface area contributed by atoms with Crippen LogP contribution in [-0.4, -0.2) is 30.2 Å². The second-order valence-electron chi connectivity index (χ2n) is 5.88. The third-order valence-electron chi connectivity index (χ3n) is 2.82. The molecule has 0 saturated carbocycles. The van der Waals surface area contributed by atoms with Gasteiger partial charge in [0.05, 0.1) is 0 Å². The highest BCUT2D eigenvalue weighted by Gasteiger charge is 2.27. The predicted molar refractivity (Wildman–Crippen MR) is 80.4 cm³/mol. The van der Waals surface area contributed by atoms with Crippen molar-refractivity contribution in [1.29, 1.82) is 0 Å². The molecule has 5 heteroatoms. The maximum Gasteiger partial charge on any atom is 0.408 e. The third-order valence-corrected chi connectivity index (χ3v) is 2.82. The van der Waals surface area contributed by atoms with E-state index >= 15 is 0 Å². The summed E-state index contributed by atoms with van der Waals surface area (Å²) in [7, 11) is 0. The Balaban J connectivity index is 4.60. The van der Waals surface area contributed by atoms with Crippen LogP contribution < -0.4 is 10.6 Å². The first-order valence-electron chi connectivity index (χ1n) is 7.09. The Morgan fingerprint density at radius 2 is 1.95 bits per heavy atom. The van der Waals surface area contributed by atoms with E-state index in [-0.39, 0.29) is 11.8 Å². The first-order valence-corrected chi connectivity index (χ1v) is 7.09. The van der Waals surface area contributed by atoms with Crippen molar-refractivity contribution in [3.63, 3.8) is 0 Å². The van der Waals surface area contributed by atoms with Gasteiger partial charge in [-0.15, -0.1) is 6.58 Å². The fourth-order valence-corrected chi connectivity index (χ4v) is 1.54. The molecule has 0 radical (unpaired) electrons. The van der Waals surface area contributed by atoms with Gasteiger partial charge >= 0.3 is 6.09 Å². The molecule has 0 aliphatic carbocycles. The topological polar surface area (TPSA) is 67.4 Å². The van der Waals surface area contributed by atoms with Crippen molar-refractivity contribution in [2.45, 2.75) is 59.1 Å². The maximum absolute atomic E-state index is 12.1. The average molecular weight is 284 g/mol. The van der Waals surface area contributed by atoms with E-state index in [1.54, 1.807) is 26.8 Å². The van der Waals surface area contributed by atoms with Gasteiger partial charge in [0.2, 0.25) is 5.91 Å². The van der Waals surface area contributed by atoms with Crippen molar-refractivity contribution >= 4 is 12.0 Å². The summed E-state index contributed by atoms with van der Waals surface area (Å²) in [4.78, 5) is 23.9. The molecule has 0 fully saturated rings. The molecule has 0 aromatic rings. The highest BCUT2D eigenvalue weighted by Crippen LogP contribution is 2.11. The number of carbonyl (C=O) groups excluding carboxylic acids is 2. The molecule has 2 N–H and O–H groups in total. The first-order chi connectivity index (χ1) is 9.21. The fourth-order valence-electron chi connectivity index (χ4n) is 1.54. The Labute approximate surface area is 122 Å². The van der Waals surface area contributed by atoms with Crippen molar-refractivity contribution in [2.75, 3.05) is 6.54 Å². The summed E-state index contributed by atoms with van der Waals surface area (Å²) >= 11 is 0. The lowest BCUT2D eigenvalue weighted by Gasteiger charge is -2.26. The van der Waals surface area contributed by atoms with Crippen LogP contribution in [-0.2, 0) is 9.53 Å². The largest absolute Gasteiger partial charge is 0.444 e. The van der Waals surface area contributed by atoms with E-state index in [0.717, 1.165) is 6.42 Å². The van der Waals surface area contributed by atoms with E-state index < -0.39 is 17.7 Å². The van der Waals surface area contributed by atoms with Crippen LogP contribution in [0.3, 0.4) is 0 Å². The maximum atomic E-state index is 12.1. The molecule has 1 unspecified atom stereocenters. The summed E-state index contributed by atoms with van der Waals surface area (Å²) in [6.45, 7) is 13.4. The molecule has 2 amide bonds. The highest BCUT2D eigenvalue weighted by atomic mass is 16.6. The highest BCUT2D eigenvalue weighted by molar-refractivity contribution is 5.85. The molecular formula is C15H28N2O3. The molecule has 0 saturated heterocycles. The Hall–Kier alpha value is -1.52. The fraction of sp³-hybridized carbons (Fsp3) is 0.733. The lowest BCUT2D eigenvalue weighted by molar-refractivity contribution is -0.124. The van der Waals surface area contributed by atoms with Crippen LogP contribution in [0.5, 0.6) is 0 Å². The number of hydrogen-bond acceptors (Lipinski definition) is 3. The molecule has 0 aromatic heterocycles. The van der Waals surface area contributed by atoms with Gasteiger partial charge in [-0.1, -0.05) is 26.3 Å². The zero-order valence-electron chi connectivity index (χ0n) is 13.3. The molecule has 0 spiro atoms. The van der Waals surface area contributed by atoms with Gasteiger partial charge in [0, 0.05) is 6.54 Å². The number of ether oxygens (including phenoxy) is 1. The van der Waals surface area contributed by atoms with Gasteiger partial charge < -0.3 is 15.4 Å². The standard InChI is InChI=1S/C15H28N2O3/c1-7-9-10-16-13(18)12(11(3)8-2)17-14(19)20-15(4,5)6/h7,11-12H,1,8-10H2,2-6H3,(H,16,18)(H,17,19)/t11?,12-/m0/s1. The van der Waals surface area contributed by atoms with Crippen LogP contribution in [0.2, 0.25) is 0 Å². The Bertz CT molecular complexity index is 335. The molecule has 0 bridgehead atoms. The second-order valence-corrected chi connectivity index (χ2v) is 5.88. The number of amides is 2. The summed E-state index contributed by atoms with van der Waals surface area (Å²) in [5.41, 5.74) is -0.580. The predicted octanol–water partition coefficient (Wildman–Crippen LogP) is 2.62. The lowest BCUT2D eigenvalue weighted by Crippen LogP contribution is -2.51. The number of hydrogen-bond donors (Lipinski definition) is 2. The summed E-state index contributed by atoms with van der Waals surface area (Å²) in [5, 5.41) is 5.44. The molecule has 2 atom stereocenters. The molecule has 5 nitrogen and oxygen atoms in total. The summed E-state index contributed by atoms with van der Waals surface area (Å²) in [5.74, 6) is -0.154.